The molecule has 4 heteroatoms. The third-order valence-electron chi connectivity index (χ3n) is 5.53. The largest absolute Gasteiger partial charge is 0.345 e. The number of aryl methyl sites for hydroxylation is 1. The zero-order valence-corrected chi connectivity index (χ0v) is 17.0. The van der Waals surface area contributed by atoms with Gasteiger partial charge in [0, 0.05) is 56.4 Å². The maximum Gasteiger partial charge on any atom is 0.253 e. The Balaban J connectivity index is 1.76. The van der Waals surface area contributed by atoms with E-state index in [2.05, 4.69) is 48.1 Å². The Morgan fingerprint density at radius 1 is 1.11 bits per heavy atom. The van der Waals surface area contributed by atoms with Crippen molar-refractivity contribution in [3.8, 4) is 0 Å². The van der Waals surface area contributed by atoms with Gasteiger partial charge in [0.1, 0.15) is 0 Å². The monoisotopic (exact) mass is 373 g/mol. The third-order valence-corrected chi connectivity index (χ3v) is 5.53. The number of carbonyl (C=O) groups is 1. The molecule has 4 rings (SSSR count). The second kappa shape index (κ2) is 7.28. The molecule has 1 aliphatic rings. The number of fused-ring (bicyclic) bond motifs is 3. The summed E-state index contributed by atoms with van der Waals surface area (Å²) in [6.45, 7) is 6.22. The summed E-state index contributed by atoms with van der Waals surface area (Å²) in [5.74, 6) is 0.0292. The van der Waals surface area contributed by atoms with Gasteiger partial charge < -0.3 is 14.8 Å². The number of aromatic nitrogens is 1. The lowest BCUT2D eigenvalue weighted by molar-refractivity contribution is 0.0827. The fourth-order valence-corrected chi connectivity index (χ4v) is 3.99. The van der Waals surface area contributed by atoms with Crippen LogP contribution in [0.25, 0.3) is 22.7 Å². The van der Waals surface area contributed by atoms with Crippen molar-refractivity contribution in [2.24, 2.45) is 0 Å². The van der Waals surface area contributed by atoms with Crippen molar-refractivity contribution in [2.45, 2.75) is 26.8 Å². The molecule has 0 atom stereocenters. The maximum absolute atomic E-state index is 12.1. The summed E-state index contributed by atoms with van der Waals surface area (Å²) < 4.78 is 2.36. The van der Waals surface area contributed by atoms with Crippen LogP contribution in [-0.2, 0) is 13.0 Å². The minimum absolute atomic E-state index is 0.0292. The Kier molecular flexibility index (Phi) is 4.82. The number of amides is 1. The number of allylic oxidation sites excluding steroid dienone is 1. The average Bonchev–Trinajstić information content (AvgIpc) is 3.00. The Morgan fingerprint density at radius 2 is 1.82 bits per heavy atom. The smallest absolute Gasteiger partial charge is 0.253 e. The summed E-state index contributed by atoms with van der Waals surface area (Å²) in [5, 5.41) is 4.85. The number of benzene rings is 2. The van der Waals surface area contributed by atoms with Gasteiger partial charge in [-0.25, -0.2) is 0 Å². The average molecular weight is 374 g/mol. The highest BCUT2D eigenvalue weighted by Gasteiger charge is 2.19. The van der Waals surface area contributed by atoms with Crippen LogP contribution in [0.2, 0.25) is 0 Å². The first kappa shape index (κ1) is 18.5. The summed E-state index contributed by atoms with van der Waals surface area (Å²) in [6.07, 6.45) is 3.27. The molecule has 4 nitrogen and oxygen atoms in total. The zero-order valence-electron chi connectivity index (χ0n) is 17.0. The van der Waals surface area contributed by atoms with Crippen LogP contribution in [0.1, 0.15) is 39.7 Å². The van der Waals surface area contributed by atoms with Crippen LogP contribution in [-0.4, -0.2) is 36.0 Å². The number of rotatable bonds is 3. The normalized spacial score (nSPS) is 14.2. The van der Waals surface area contributed by atoms with Crippen molar-refractivity contribution < 1.29 is 4.79 Å². The quantitative estimate of drug-likeness (QED) is 0.743. The summed E-state index contributed by atoms with van der Waals surface area (Å²) in [4.78, 5) is 13.7. The van der Waals surface area contributed by atoms with E-state index < -0.39 is 0 Å². The van der Waals surface area contributed by atoms with Gasteiger partial charge in [0.2, 0.25) is 0 Å². The van der Waals surface area contributed by atoms with E-state index in [1.807, 2.05) is 24.3 Å². The van der Waals surface area contributed by atoms with E-state index in [0.29, 0.717) is 5.56 Å². The lowest BCUT2D eigenvalue weighted by Gasteiger charge is -2.16. The molecule has 144 valence electrons. The number of nitrogens with one attached hydrogen (secondary N) is 1. The second-order valence-electron chi connectivity index (χ2n) is 7.83. The fourth-order valence-electron chi connectivity index (χ4n) is 3.99. The molecule has 2 aromatic carbocycles. The highest BCUT2D eigenvalue weighted by atomic mass is 16.2. The van der Waals surface area contributed by atoms with E-state index in [1.165, 1.54) is 33.3 Å². The molecular formula is C24H27N3O. The predicted octanol–water partition coefficient (Wildman–Crippen LogP) is 4.32. The van der Waals surface area contributed by atoms with Gasteiger partial charge in [0.25, 0.3) is 5.91 Å². The summed E-state index contributed by atoms with van der Waals surface area (Å²) >= 11 is 0. The number of hydrogen-bond donors (Lipinski definition) is 1. The molecule has 0 fully saturated rings. The van der Waals surface area contributed by atoms with Gasteiger partial charge in [-0.2, -0.15) is 0 Å². The van der Waals surface area contributed by atoms with E-state index >= 15 is 0 Å². The van der Waals surface area contributed by atoms with E-state index in [1.54, 1.807) is 19.0 Å². The molecule has 1 amide bonds. The number of nitrogens with zero attached hydrogens (tertiary/aromatic N) is 2. The molecular weight excluding hydrogens is 346 g/mol. The molecule has 2 heterocycles. The summed E-state index contributed by atoms with van der Waals surface area (Å²) in [7, 11) is 3.55. The van der Waals surface area contributed by atoms with E-state index in [0.717, 1.165) is 25.1 Å². The summed E-state index contributed by atoms with van der Waals surface area (Å²) in [5.41, 5.74) is 8.40. The van der Waals surface area contributed by atoms with Gasteiger partial charge >= 0.3 is 0 Å². The van der Waals surface area contributed by atoms with Crippen LogP contribution >= 0.6 is 0 Å². The molecule has 1 N–H and O–H groups in total. The van der Waals surface area contributed by atoms with Gasteiger partial charge in [-0.3, -0.25) is 4.79 Å². The number of carbonyl (C=O) groups excluding carboxylic acids is 1. The van der Waals surface area contributed by atoms with Gasteiger partial charge in [0.15, 0.2) is 0 Å². The first-order valence-corrected chi connectivity index (χ1v) is 9.79. The molecule has 0 bridgehead atoms. The van der Waals surface area contributed by atoms with Crippen LogP contribution in [0.5, 0.6) is 0 Å². The van der Waals surface area contributed by atoms with E-state index in [-0.39, 0.29) is 5.91 Å². The molecule has 1 aliphatic heterocycles. The molecule has 0 unspecified atom stereocenters. The SMILES string of the molecule is C/C(=C\n1c2c(c3cc(C)ccc31)CNCC2)c1ccc(C(=O)N(C)C)cc1. The summed E-state index contributed by atoms with van der Waals surface area (Å²) in [6, 6.07) is 14.6. The maximum atomic E-state index is 12.1. The number of hydrogen-bond acceptors (Lipinski definition) is 2. The Morgan fingerprint density at radius 3 is 2.54 bits per heavy atom. The van der Waals surface area contributed by atoms with Gasteiger partial charge in [0.05, 0.1) is 5.52 Å². The van der Waals surface area contributed by atoms with Crippen LogP contribution in [0.3, 0.4) is 0 Å². The predicted molar refractivity (Wildman–Crippen MR) is 116 cm³/mol. The standard InChI is InChI=1S/C24H27N3O/c1-16-5-10-22-20(13-16)21-14-25-12-11-23(21)27(22)15-17(2)18-6-8-19(9-7-18)24(28)26(3)4/h5-10,13,15,25H,11-12,14H2,1-4H3/b17-15+. The Labute approximate surface area is 166 Å². The Bertz CT molecular complexity index is 1070. The first-order valence-electron chi connectivity index (χ1n) is 9.79. The van der Waals surface area contributed by atoms with E-state index in [9.17, 15) is 4.79 Å². The lowest BCUT2D eigenvalue weighted by Crippen LogP contribution is -2.24. The van der Waals surface area contributed by atoms with Gasteiger partial charge in [-0.15, -0.1) is 0 Å². The van der Waals surface area contributed by atoms with Crippen molar-refractivity contribution in [3.05, 3.63) is 70.4 Å². The highest BCUT2D eigenvalue weighted by molar-refractivity contribution is 5.94. The Hall–Kier alpha value is -2.85. The molecule has 28 heavy (non-hydrogen) atoms. The van der Waals surface area contributed by atoms with Crippen molar-refractivity contribution in [3.63, 3.8) is 0 Å². The molecule has 3 aromatic rings. The van der Waals surface area contributed by atoms with Gasteiger partial charge in [-0.1, -0.05) is 23.8 Å². The molecule has 0 saturated heterocycles. The molecule has 0 radical (unpaired) electrons. The highest BCUT2D eigenvalue weighted by Crippen LogP contribution is 2.31. The molecule has 0 saturated carbocycles. The minimum Gasteiger partial charge on any atom is -0.345 e. The minimum atomic E-state index is 0.0292. The van der Waals surface area contributed by atoms with Crippen LogP contribution in [0, 0.1) is 6.92 Å². The van der Waals surface area contributed by atoms with Crippen LogP contribution in [0.15, 0.2) is 42.5 Å². The first-order chi connectivity index (χ1) is 13.5. The van der Waals surface area contributed by atoms with Crippen molar-refractivity contribution in [1.29, 1.82) is 0 Å². The van der Waals surface area contributed by atoms with Crippen molar-refractivity contribution in [2.75, 3.05) is 20.6 Å². The molecule has 0 spiro atoms. The van der Waals surface area contributed by atoms with E-state index in [4.69, 9.17) is 0 Å². The topological polar surface area (TPSA) is 37.3 Å². The van der Waals surface area contributed by atoms with Crippen molar-refractivity contribution >= 4 is 28.6 Å². The molecule has 0 aliphatic carbocycles. The second-order valence-corrected chi connectivity index (χ2v) is 7.83. The fraction of sp³-hybridized carbons (Fsp3) is 0.292. The third kappa shape index (κ3) is 3.25. The molecule has 1 aromatic heterocycles. The van der Waals surface area contributed by atoms with Crippen molar-refractivity contribution in [1.82, 2.24) is 14.8 Å². The van der Waals surface area contributed by atoms with Crippen LogP contribution < -0.4 is 5.32 Å². The van der Waals surface area contributed by atoms with Gasteiger partial charge in [-0.05, 0) is 54.8 Å². The lowest BCUT2D eigenvalue weighted by atomic mass is 10.0. The zero-order chi connectivity index (χ0) is 19.8. The van der Waals surface area contributed by atoms with Crippen LogP contribution in [0.4, 0.5) is 0 Å².